The summed E-state index contributed by atoms with van der Waals surface area (Å²) in [4.78, 5) is 25.3. The predicted molar refractivity (Wildman–Crippen MR) is 128 cm³/mol. The zero-order chi connectivity index (χ0) is 23.2. The van der Waals surface area contributed by atoms with Gasteiger partial charge in [-0.1, -0.05) is 60.2 Å². The SMILES string of the molecule is COc1ccccc1C(=O)N/N=C/c1c(OC(=O)c2ccc(C)cc2)ccc2ccccc12. The van der Waals surface area contributed by atoms with E-state index in [1.807, 2.05) is 49.4 Å². The number of amides is 1. The lowest BCUT2D eigenvalue weighted by molar-refractivity contribution is 0.0734. The standard InChI is InChI=1S/C27H22N2O4/c1-18-11-13-20(14-12-18)27(31)33-25-16-15-19-7-3-4-8-21(19)23(25)17-28-29-26(30)22-9-5-6-10-24(22)32-2/h3-17H,1-2H3,(H,29,30)/b28-17+. The van der Waals surface area contributed by atoms with Gasteiger partial charge in [0.05, 0.1) is 24.5 Å². The number of methoxy groups -OCH3 is 1. The maximum Gasteiger partial charge on any atom is 0.343 e. The number of rotatable bonds is 6. The van der Waals surface area contributed by atoms with E-state index in [-0.39, 0.29) is 0 Å². The molecule has 0 fully saturated rings. The lowest BCUT2D eigenvalue weighted by Crippen LogP contribution is -2.18. The second-order valence-corrected chi connectivity index (χ2v) is 7.35. The monoisotopic (exact) mass is 438 g/mol. The van der Waals surface area contributed by atoms with Gasteiger partial charge in [0.1, 0.15) is 11.5 Å². The van der Waals surface area contributed by atoms with Crippen LogP contribution < -0.4 is 14.9 Å². The molecule has 4 rings (SSSR count). The van der Waals surface area contributed by atoms with Crippen LogP contribution in [0.4, 0.5) is 0 Å². The Bertz CT molecular complexity index is 1340. The number of carbonyl (C=O) groups is 2. The van der Waals surface area contributed by atoms with Crippen LogP contribution in [0, 0.1) is 6.92 Å². The molecule has 0 spiro atoms. The van der Waals surface area contributed by atoms with Gasteiger partial charge in [-0.3, -0.25) is 4.79 Å². The number of hydrazone groups is 1. The highest BCUT2D eigenvalue weighted by atomic mass is 16.5. The van der Waals surface area contributed by atoms with E-state index in [9.17, 15) is 9.59 Å². The van der Waals surface area contributed by atoms with Gasteiger partial charge >= 0.3 is 5.97 Å². The second-order valence-electron chi connectivity index (χ2n) is 7.35. The molecule has 6 nitrogen and oxygen atoms in total. The van der Waals surface area contributed by atoms with Gasteiger partial charge in [-0.15, -0.1) is 0 Å². The summed E-state index contributed by atoms with van der Waals surface area (Å²) in [5, 5.41) is 5.91. The van der Waals surface area contributed by atoms with Crippen molar-refractivity contribution < 1.29 is 19.1 Å². The molecule has 0 saturated heterocycles. The lowest BCUT2D eigenvalue weighted by Gasteiger charge is -2.11. The van der Waals surface area contributed by atoms with E-state index in [1.54, 1.807) is 42.5 Å². The Kier molecular flexibility index (Phi) is 6.45. The summed E-state index contributed by atoms with van der Waals surface area (Å²) in [6.07, 6.45) is 1.48. The minimum Gasteiger partial charge on any atom is -0.496 e. The van der Waals surface area contributed by atoms with Crippen molar-refractivity contribution in [1.29, 1.82) is 0 Å². The molecule has 0 aromatic heterocycles. The molecule has 0 unspecified atom stereocenters. The van der Waals surface area contributed by atoms with Crippen molar-refractivity contribution in [3.05, 3.63) is 107 Å². The minimum absolute atomic E-state index is 0.342. The fraction of sp³-hybridized carbons (Fsp3) is 0.0741. The summed E-state index contributed by atoms with van der Waals surface area (Å²) >= 11 is 0. The quantitative estimate of drug-likeness (QED) is 0.196. The van der Waals surface area contributed by atoms with E-state index in [0.717, 1.165) is 16.3 Å². The molecule has 4 aromatic carbocycles. The predicted octanol–water partition coefficient (Wildman–Crippen LogP) is 5.14. The number of nitrogens with one attached hydrogen (secondary N) is 1. The molecule has 4 aromatic rings. The Balaban J connectivity index is 1.63. The fourth-order valence-corrected chi connectivity index (χ4v) is 3.39. The summed E-state index contributed by atoms with van der Waals surface area (Å²) in [7, 11) is 1.50. The second kappa shape index (κ2) is 9.78. The number of fused-ring (bicyclic) bond motifs is 1. The molecule has 1 amide bonds. The molecule has 0 aliphatic heterocycles. The van der Waals surface area contributed by atoms with Crippen LogP contribution in [0.5, 0.6) is 11.5 Å². The van der Waals surface area contributed by atoms with E-state index in [1.165, 1.54) is 13.3 Å². The van der Waals surface area contributed by atoms with Crippen LogP contribution in [0.2, 0.25) is 0 Å². The van der Waals surface area contributed by atoms with Crippen molar-refractivity contribution in [2.45, 2.75) is 6.92 Å². The van der Waals surface area contributed by atoms with Crippen molar-refractivity contribution in [2.24, 2.45) is 5.10 Å². The molecule has 33 heavy (non-hydrogen) atoms. The maximum absolute atomic E-state index is 12.7. The third kappa shape index (κ3) is 4.91. The Morgan fingerprint density at radius 2 is 1.58 bits per heavy atom. The lowest BCUT2D eigenvalue weighted by atomic mass is 10.0. The van der Waals surface area contributed by atoms with Crippen LogP contribution >= 0.6 is 0 Å². The Hall–Kier alpha value is -4.45. The Labute approximate surface area is 191 Å². The van der Waals surface area contributed by atoms with Gasteiger partial charge in [-0.25, -0.2) is 10.2 Å². The first-order valence-electron chi connectivity index (χ1n) is 10.3. The average molecular weight is 438 g/mol. The van der Waals surface area contributed by atoms with Crippen molar-refractivity contribution in [2.75, 3.05) is 7.11 Å². The van der Waals surface area contributed by atoms with Gasteiger partial charge in [0.2, 0.25) is 0 Å². The smallest absolute Gasteiger partial charge is 0.343 e. The summed E-state index contributed by atoms with van der Waals surface area (Å²) < 4.78 is 10.9. The van der Waals surface area contributed by atoms with Crippen molar-refractivity contribution >= 4 is 28.9 Å². The largest absolute Gasteiger partial charge is 0.496 e. The Morgan fingerprint density at radius 1 is 0.848 bits per heavy atom. The number of nitrogens with zero attached hydrogens (tertiary/aromatic N) is 1. The zero-order valence-corrected chi connectivity index (χ0v) is 18.2. The number of aryl methyl sites for hydroxylation is 1. The first kappa shape index (κ1) is 21.8. The third-order valence-electron chi connectivity index (χ3n) is 5.13. The molecule has 0 radical (unpaired) electrons. The summed E-state index contributed by atoms with van der Waals surface area (Å²) in [6.45, 7) is 1.95. The van der Waals surface area contributed by atoms with Crippen LogP contribution in [-0.2, 0) is 0 Å². The van der Waals surface area contributed by atoms with Gasteiger partial charge in [0, 0.05) is 5.56 Å². The minimum atomic E-state index is -0.474. The van der Waals surface area contributed by atoms with Crippen LogP contribution in [-0.4, -0.2) is 25.2 Å². The van der Waals surface area contributed by atoms with E-state index in [0.29, 0.717) is 28.2 Å². The number of carbonyl (C=O) groups excluding carboxylic acids is 2. The fourth-order valence-electron chi connectivity index (χ4n) is 3.39. The van der Waals surface area contributed by atoms with Gasteiger partial charge in [0.25, 0.3) is 5.91 Å². The van der Waals surface area contributed by atoms with E-state index in [2.05, 4.69) is 10.5 Å². The summed E-state index contributed by atoms with van der Waals surface area (Å²) in [5.74, 6) is -0.0993. The average Bonchev–Trinajstić information content (AvgIpc) is 2.85. The molecule has 1 N–H and O–H groups in total. The Morgan fingerprint density at radius 3 is 2.36 bits per heavy atom. The molecule has 0 bridgehead atoms. The number of esters is 1. The molecule has 0 aliphatic rings. The molecule has 0 atom stereocenters. The highest BCUT2D eigenvalue weighted by Crippen LogP contribution is 2.27. The van der Waals surface area contributed by atoms with E-state index < -0.39 is 11.9 Å². The number of ether oxygens (including phenoxy) is 2. The number of benzene rings is 4. The third-order valence-corrected chi connectivity index (χ3v) is 5.13. The molecular formula is C27H22N2O4. The van der Waals surface area contributed by atoms with Crippen molar-refractivity contribution in [3.8, 4) is 11.5 Å². The van der Waals surface area contributed by atoms with Crippen molar-refractivity contribution in [3.63, 3.8) is 0 Å². The van der Waals surface area contributed by atoms with Crippen LogP contribution in [0.25, 0.3) is 10.8 Å². The van der Waals surface area contributed by atoms with E-state index >= 15 is 0 Å². The van der Waals surface area contributed by atoms with Crippen LogP contribution in [0.3, 0.4) is 0 Å². The highest BCUT2D eigenvalue weighted by molar-refractivity contribution is 6.04. The number of hydrogen-bond acceptors (Lipinski definition) is 5. The normalized spacial score (nSPS) is 10.8. The maximum atomic E-state index is 12.7. The molecule has 0 aliphatic carbocycles. The number of hydrogen-bond donors (Lipinski definition) is 1. The number of para-hydroxylation sites is 1. The van der Waals surface area contributed by atoms with Crippen LogP contribution in [0.1, 0.15) is 31.8 Å². The van der Waals surface area contributed by atoms with Crippen LogP contribution in [0.15, 0.2) is 90.0 Å². The van der Waals surface area contributed by atoms with Crippen molar-refractivity contribution in [1.82, 2.24) is 5.43 Å². The van der Waals surface area contributed by atoms with Gasteiger partial charge < -0.3 is 9.47 Å². The molecular weight excluding hydrogens is 416 g/mol. The molecule has 164 valence electrons. The topological polar surface area (TPSA) is 77.0 Å². The first-order valence-corrected chi connectivity index (χ1v) is 10.3. The zero-order valence-electron chi connectivity index (χ0n) is 18.2. The molecule has 6 heteroatoms. The summed E-state index contributed by atoms with van der Waals surface area (Å²) in [5.41, 5.74) is 4.95. The van der Waals surface area contributed by atoms with E-state index in [4.69, 9.17) is 9.47 Å². The summed E-state index contributed by atoms with van der Waals surface area (Å²) in [6, 6.07) is 25.3. The van der Waals surface area contributed by atoms with Gasteiger partial charge in [-0.2, -0.15) is 5.10 Å². The van der Waals surface area contributed by atoms with Gasteiger partial charge in [0.15, 0.2) is 0 Å². The highest BCUT2D eigenvalue weighted by Gasteiger charge is 2.14. The molecule has 0 saturated carbocycles. The first-order chi connectivity index (χ1) is 16.1. The van der Waals surface area contributed by atoms with Gasteiger partial charge in [-0.05, 0) is 48.0 Å². The molecule has 0 heterocycles.